The van der Waals surface area contributed by atoms with Crippen LogP contribution in [0.15, 0.2) is 35.5 Å². The maximum Gasteiger partial charge on any atom is 0.264 e. The molecule has 3 aromatic rings. The second-order valence-electron chi connectivity index (χ2n) is 7.90. The van der Waals surface area contributed by atoms with Crippen molar-refractivity contribution in [3.05, 3.63) is 46.8 Å². The minimum Gasteiger partial charge on any atom is -0.384 e. The molecule has 2 N–H and O–H groups in total. The van der Waals surface area contributed by atoms with Crippen LogP contribution in [0.25, 0.3) is 22.2 Å². The number of nitrogens with one attached hydrogen (secondary N) is 1. The number of Topliss-reactive ketones (excluding diaryl/α,β-unsaturated/α-hetero) is 1. The number of rotatable bonds is 9. The molecule has 0 atom stereocenters. The third kappa shape index (κ3) is 5.31. The molecule has 0 amide bonds. The number of nitrogens with zero attached hydrogens (tertiary/aromatic N) is 4. The van der Waals surface area contributed by atoms with Gasteiger partial charge in [0.2, 0.25) is 0 Å². The normalized spacial score (nSPS) is 11.6. The second kappa shape index (κ2) is 9.32. The maximum atomic E-state index is 12.7. The molecule has 0 radical (unpaired) electrons. The van der Waals surface area contributed by atoms with Gasteiger partial charge in [-0.25, -0.2) is 9.97 Å². The summed E-state index contributed by atoms with van der Waals surface area (Å²) < 4.78 is 6.24. The van der Waals surface area contributed by atoms with Crippen molar-refractivity contribution in [3.63, 3.8) is 0 Å². The first kappa shape index (κ1) is 22.5. The van der Waals surface area contributed by atoms with Gasteiger partial charge < -0.3 is 19.7 Å². The van der Waals surface area contributed by atoms with E-state index in [1.54, 1.807) is 39.2 Å². The zero-order valence-corrected chi connectivity index (χ0v) is 18.2. The quantitative estimate of drug-likeness (QED) is 0.500. The van der Waals surface area contributed by atoms with Crippen LogP contribution in [0.5, 0.6) is 0 Å². The van der Waals surface area contributed by atoms with Crippen molar-refractivity contribution in [2.24, 2.45) is 7.05 Å². The molecule has 0 aliphatic carbocycles. The zero-order chi connectivity index (χ0) is 22.6. The van der Waals surface area contributed by atoms with Gasteiger partial charge in [0.15, 0.2) is 5.78 Å². The fourth-order valence-corrected chi connectivity index (χ4v) is 3.13. The fourth-order valence-electron chi connectivity index (χ4n) is 3.13. The van der Waals surface area contributed by atoms with Gasteiger partial charge in [0.05, 0.1) is 23.2 Å². The van der Waals surface area contributed by atoms with Crippen molar-refractivity contribution >= 4 is 22.5 Å². The lowest BCUT2D eigenvalue weighted by molar-refractivity contribution is -0.122. The molecule has 3 heterocycles. The summed E-state index contributed by atoms with van der Waals surface area (Å²) in [7, 11) is 3.12. The molecule has 0 aromatic carbocycles. The third-order valence-electron chi connectivity index (χ3n) is 4.82. The number of aryl methyl sites for hydroxylation is 1. The number of methoxy groups -OCH3 is 1. The maximum absolute atomic E-state index is 12.7. The number of carbonyl (C=O) groups is 1. The number of hydrogen-bond donors (Lipinski definition) is 2. The molecule has 0 spiro atoms. The average molecular weight is 425 g/mol. The summed E-state index contributed by atoms with van der Waals surface area (Å²) in [6.45, 7) is 3.90. The van der Waals surface area contributed by atoms with E-state index in [-0.39, 0.29) is 17.9 Å². The first-order valence-corrected chi connectivity index (χ1v) is 10.0. The van der Waals surface area contributed by atoms with Crippen LogP contribution < -0.4 is 10.9 Å². The summed E-state index contributed by atoms with van der Waals surface area (Å²) in [6, 6.07) is 5.31. The van der Waals surface area contributed by atoms with Gasteiger partial charge >= 0.3 is 0 Å². The molecule has 0 aliphatic rings. The van der Waals surface area contributed by atoms with Gasteiger partial charge in [-0.05, 0) is 38.5 Å². The van der Waals surface area contributed by atoms with Gasteiger partial charge in [0.25, 0.3) is 5.56 Å². The van der Waals surface area contributed by atoms with E-state index in [1.807, 2.05) is 6.07 Å². The number of aromatic nitrogens is 4. The number of ketones is 1. The Balaban J connectivity index is 1.94. The molecular weight excluding hydrogens is 398 g/mol. The highest BCUT2D eigenvalue weighted by molar-refractivity contribution is 5.91. The second-order valence-corrected chi connectivity index (χ2v) is 7.90. The molecule has 3 rings (SSSR count). The highest BCUT2D eigenvalue weighted by atomic mass is 16.5. The number of fused-ring (bicyclic) bond motifs is 1. The topological polar surface area (TPSA) is 119 Å². The van der Waals surface area contributed by atoms with Crippen LogP contribution in [-0.4, -0.2) is 50.7 Å². The van der Waals surface area contributed by atoms with Crippen LogP contribution in [0.1, 0.15) is 32.4 Å². The van der Waals surface area contributed by atoms with Crippen LogP contribution in [0.4, 0.5) is 5.82 Å². The average Bonchev–Trinajstić information content (AvgIpc) is 2.73. The SMILES string of the molecule is COCC(=O)CCCNc1nc(-c2ccc(C(C)(C)O)nc2)cc2ncn(C)c(=O)c12. The minimum absolute atomic E-state index is 0.0198. The van der Waals surface area contributed by atoms with Crippen molar-refractivity contribution in [1.82, 2.24) is 19.5 Å². The van der Waals surface area contributed by atoms with Gasteiger partial charge in [0, 0.05) is 38.9 Å². The third-order valence-corrected chi connectivity index (χ3v) is 4.82. The van der Waals surface area contributed by atoms with Crippen LogP contribution >= 0.6 is 0 Å². The fraction of sp³-hybridized carbons (Fsp3) is 0.409. The van der Waals surface area contributed by atoms with E-state index in [2.05, 4.69) is 20.3 Å². The van der Waals surface area contributed by atoms with Crippen LogP contribution in [0, 0.1) is 0 Å². The highest BCUT2D eigenvalue weighted by Crippen LogP contribution is 2.26. The Labute approximate surface area is 180 Å². The van der Waals surface area contributed by atoms with Gasteiger partial charge in [-0.3, -0.25) is 14.6 Å². The summed E-state index contributed by atoms with van der Waals surface area (Å²) in [6.07, 6.45) is 4.06. The van der Waals surface area contributed by atoms with Gasteiger partial charge in [0.1, 0.15) is 23.4 Å². The Bertz CT molecular complexity index is 1130. The predicted molar refractivity (Wildman–Crippen MR) is 118 cm³/mol. The summed E-state index contributed by atoms with van der Waals surface area (Å²) in [4.78, 5) is 37.7. The van der Waals surface area contributed by atoms with Crippen molar-refractivity contribution in [1.29, 1.82) is 0 Å². The van der Waals surface area contributed by atoms with E-state index in [0.29, 0.717) is 47.5 Å². The summed E-state index contributed by atoms with van der Waals surface area (Å²) in [5, 5.41) is 13.7. The number of aliphatic hydroxyl groups is 1. The van der Waals surface area contributed by atoms with Crippen molar-refractivity contribution < 1.29 is 14.6 Å². The summed E-state index contributed by atoms with van der Waals surface area (Å²) >= 11 is 0. The molecular formula is C22H27N5O4. The smallest absolute Gasteiger partial charge is 0.264 e. The summed E-state index contributed by atoms with van der Waals surface area (Å²) in [5.74, 6) is 0.429. The molecule has 9 heteroatoms. The molecule has 0 unspecified atom stereocenters. The molecule has 0 bridgehead atoms. The molecule has 0 aliphatic heterocycles. The number of anilines is 1. The van der Waals surface area contributed by atoms with E-state index in [1.165, 1.54) is 18.0 Å². The monoisotopic (exact) mass is 425 g/mol. The van der Waals surface area contributed by atoms with E-state index >= 15 is 0 Å². The van der Waals surface area contributed by atoms with Crippen LogP contribution in [-0.2, 0) is 22.2 Å². The van der Waals surface area contributed by atoms with E-state index < -0.39 is 5.60 Å². The molecule has 0 saturated carbocycles. The number of ether oxygens (including phenoxy) is 1. The molecule has 3 aromatic heterocycles. The molecule has 9 nitrogen and oxygen atoms in total. The lowest BCUT2D eigenvalue weighted by Crippen LogP contribution is -2.20. The lowest BCUT2D eigenvalue weighted by Gasteiger charge is -2.16. The highest BCUT2D eigenvalue weighted by Gasteiger charge is 2.18. The Morgan fingerprint density at radius 2 is 2.06 bits per heavy atom. The Hall–Kier alpha value is -3.17. The van der Waals surface area contributed by atoms with Crippen molar-refractivity contribution in [2.45, 2.75) is 32.3 Å². The molecule has 0 fully saturated rings. The molecule has 0 saturated heterocycles. The number of hydrogen-bond acceptors (Lipinski definition) is 8. The van der Waals surface area contributed by atoms with E-state index in [4.69, 9.17) is 4.74 Å². The summed E-state index contributed by atoms with van der Waals surface area (Å²) in [5.41, 5.74) is 1.13. The largest absolute Gasteiger partial charge is 0.384 e. The Kier molecular flexibility index (Phi) is 6.77. The van der Waals surface area contributed by atoms with Gasteiger partial charge in [-0.2, -0.15) is 0 Å². The van der Waals surface area contributed by atoms with Gasteiger partial charge in [-0.15, -0.1) is 0 Å². The van der Waals surface area contributed by atoms with Crippen LogP contribution in [0.3, 0.4) is 0 Å². The van der Waals surface area contributed by atoms with Crippen molar-refractivity contribution in [3.8, 4) is 11.3 Å². The molecule has 164 valence electrons. The minimum atomic E-state index is -1.05. The molecule has 31 heavy (non-hydrogen) atoms. The van der Waals surface area contributed by atoms with E-state index in [0.717, 1.165) is 5.56 Å². The standard InChI is InChI=1S/C22H27N5O4/c1-22(2,30)18-8-7-14(11-24-18)16-10-17-19(21(29)27(3)13-25-17)20(26-16)23-9-5-6-15(28)12-31-4/h7-8,10-11,13,30H,5-6,9,12H2,1-4H3,(H,23,26). The predicted octanol–water partition coefficient (Wildman–Crippen LogP) is 2.03. The lowest BCUT2D eigenvalue weighted by atomic mass is 10.0. The first-order chi connectivity index (χ1) is 14.7. The van der Waals surface area contributed by atoms with Gasteiger partial charge in [-0.1, -0.05) is 0 Å². The van der Waals surface area contributed by atoms with Crippen molar-refractivity contribution in [2.75, 3.05) is 25.6 Å². The van der Waals surface area contributed by atoms with E-state index in [9.17, 15) is 14.7 Å². The number of pyridine rings is 2. The first-order valence-electron chi connectivity index (χ1n) is 10.0. The zero-order valence-electron chi connectivity index (χ0n) is 18.2. The number of carbonyl (C=O) groups excluding carboxylic acids is 1. The Morgan fingerprint density at radius 3 is 2.71 bits per heavy atom. The Morgan fingerprint density at radius 1 is 1.29 bits per heavy atom. The van der Waals surface area contributed by atoms with Crippen LogP contribution in [0.2, 0.25) is 0 Å².